The first-order chi connectivity index (χ1) is 9.02. The van der Waals surface area contributed by atoms with Crippen molar-refractivity contribution in [2.75, 3.05) is 6.61 Å². The fourth-order valence-corrected chi connectivity index (χ4v) is 2.04. The predicted molar refractivity (Wildman–Crippen MR) is 76.0 cm³/mol. The third-order valence-electron chi connectivity index (χ3n) is 2.89. The highest BCUT2D eigenvalue weighted by atomic mass is 35.5. The van der Waals surface area contributed by atoms with E-state index in [2.05, 4.69) is 35.5 Å². The Balaban J connectivity index is 2.54. The molecule has 19 heavy (non-hydrogen) atoms. The number of hydrogen-bond acceptors (Lipinski definition) is 2. The zero-order valence-electron chi connectivity index (χ0n) is 11.2. The number of alkyl halides is 1. The van der Waals surface area contributed by atoms with Gasteiger partial charge in [0.1, 0.15) is 0 Å². The molecule has 0 aromatic heterocycles. The molecule has 0 aromatic rings. The Morgan fingerprint density at radius 3 is 2.68 bits per heavy atom. The first-order valence-corrected chi connectivity index (χ1v) is 6.37. The summed E-state index contributed by atoms with van der Waals surface area (Å²) in [6.45, 7) is 5.52. The van der Waals surface area contributed by atoms with E-state index in [1.807, 2.05) is 19.9 Å². The van der Waals surface area contributed by atoms with Crippen LogP contribution >= 0.6 is 11.6 Å². The maximum absolute atomic E-state index is 10.7. The zero-order chi connectivity index (χ0) is 14.3. The van der Waals surface area contributed by atoms with Crippen molar-refractivity contribution in [2.45, 2.75) is 26.1 Å². The number of halogens is 1. The average Bonchev–Trinajstić information content (AvgIpc) is 2.87. The van der Waals surface area contributed by atoms with Crippen LogP contribution in [0.5, 0.6) is 0 Å². The topological polar surface area (TPSA) is 26.3 Å². The molecule has 3 atom stereocenters. The van der Waals surface area contributed by atoms with Crippen LogP contribution in [-0.2, 0) is 9.53 Å². The summed E-state index contributed by atoms with van der Waals surface area (Å²) in [7, 11) is 0. The van der Waals surface area contributed by atoms with Crippen LogP contribution in [0.4, 0.5) is 0 Å². The Morgan fingerprint density at radius 1 is 1.37 bits per heavy atom. The summed E-state index contributed by atoms with van der Waals surface area (Å²) in [5.41, 5.74) is -0.331. The summed E-state index contributed by atoms with van der Waals surface area (Å²) >= 11 is 6.14. The third-order valence-corrected chi connectivity index (χ3v) is 3.65. The number of esters is 1. The van der Waals surface area contributed by atoms with Gasteiger partial charge >= 0.3 is 5.97 Å². The van der Waals surface area contributed by atoms with Gasteiger partial charge in [0.25, 0.3) is 0 Å². The lowest BCUT2D eigenvalue weighted by atomic mass is 10.1. The van der Waals surface area contributed by atoms with Gasteiger partial charge in [0, 0.05) is 12.8 Å². The van der Waals surface area contributed by atoms with Gasteiger partial charge in [-0.2, -0.15) is 0 Å². The largest absolute Gasteiger partial charge is 0.465 e. The molecule has 0 unspecified atom stereocenters. The number of carbonyl (C=O) groups excluding carboxylic acids is 1. The number of carbonyl (C=O) groups is 1. The van der Waals surface area contributed by atoms with Gasteiger partial charge in [-0.1, -0.05) is 17.9 Å². The summed E-state index contributed by atoms with van der Waals surface area (Å²) in [4.78, 5) is 10.7. The highest BCUT2D eigenvalue weighted by Crippen LogP contribution is 2.55. The summed E-state index contributed by atoms with van der Waals surface area (Å²) in [5, 5.41) is -0.102. The van der Waals surface area contributed by atoms with Crippen LogP contribution in [0, 0.1) is 46.9 Å². The Kier molecular flexibility index (Phi) is 5.57. The van der Waals surface area contributed by atoms with Crippen molar-refractivity contribution < 1.29 is 9.53 Å². The first kappa shape index (κ1) is 15.2. The second-order valence-electron chi connectivity index (χ2n) is 4.36. The lowest BCUT2D eigenvalue weighted by Gasteiger charge is -2.01. The van der Waals surface area contributed by atoms with Gasteiger partial charge in [0.05, 0.1) is 17.4 Å². The molecule has 1 rings (SSSR count). The SMILES string of the molecule is CC=CC#CC#CC#C[C@]1(C)[C@@H](Cl)[C@@H]1COC(C)=O. The second kappa shape index (κ2) is 6.94. The molecule has 0 saturated heterocycles. The van der Waals surface area contributed by atoms with Crippen LogP contribution in [-0.4, -0.2) is 18.0 Å². The van der Waals surface area contributed by atoms with Crippen molar-refractivity contribution in [1.29, 1.82) is 0 Å². The van der Waals surface area contributed by atoms with Crippen LogP contribution in [0.1, 0.15) is 20.8 Å². The molecule has 1 fully saturated rings. The molecule has 0 aromatic carbocycles. The molecule has 0 aliphatic heterocycles. The molecule has 0 heterocycles. The minimum Gasteiger partial charge on any atom is -0.465 e. The van der Waals surface area contributed by atoms with Gasteiger partial charge in [0.15, 0.2) is 0 Å². The predicted octanol–water partition coefficient (Wildman–Crippen LogP) is 2.38. The number of rotatable bonds is 2. The van der Waals surface area contributed by atoms with Crippen LogP contribution in [0.25, 0.3) is 0 Å². The monoisotopic (exact) mass is 274 g/mol. The van der Waals surface area contributed by atoms with E-state index in [4.69, 9.17) is 16.3 Å². The van der Waals surface area contributed by atoms with Gasteiger partial charge in [-0.3, -0.25) is 4.79 Å². The fourth-order valence-electron chi connectivity index (χ4n) is 1.56. The van der Waals surface area contributed by atoms with E-state index < -0.39 is 0 Å². The normalized spacial score (nSPS) is 27.2. The van der Waals surface area contributed by atoms with Crippen molar-refractivity contribution in [3.63, 3.8) is 0 Å². The van der Waals surface area contributed by atoms with Gasteiger partial charge in [-0.15, -0.1) is 11.6 Å². The Morgan fingerprint density at radius 2 is 2.05 bits per heavy atom. The quantitative estimate of drug-likeness (QED) is 0.439. The minimum absolute atomic E-state index is 0.0708. The molecule has 98 valence electrons. The summed E-state index contributed by atoms with van der Waals surface area (Å²) in [6.07, 6.45) is 3.55. The van der Waals surface area contributed by atoms with Crippen molar-refractivity contribution in [2.24, 2.45) is 11.3 Å². The van der Waals surface area contributed by atoms with E-state index in [-0.39, 0.29) is 22.7 Å². The Bertz CT molecular complexity index is 557. The molecular weight excluding hydrogens is 260 g/mol. The Hall–Kier alpha value is -1.82. The van der Waals surface area contributed by atoms with Crippen molar-refractivity contribution in [1.82, 2.24) is 0 Å². The van der Waals surface area contributed by atoms with Crippen molar-refractivity contribution in [3.8, 4) is 35.5 Å². The third kappa shape index (κ3) is 4.40. The highest BCUT2D eigenvalue weighted by molar-refractivity contribution is 6.24. The molecule has 3 heteroatoms. The first-order valence-electron chi connectivity index (χ1n) is 5.93. The second-order valence-corrected chi connectivity index (χ2v) is 4.83. The summed E-state index contributed by atoms with van der Waals surface area (Å²) < 4.78 is 4.95. The number of hydrogen-bond donors (Lipinski definition) is 0. The van der Waals surface area contributed by atoms with Gasteiger partial charge in [-0.25, -0.2) is 0 Å². The van der Waals surface area contributed by atoms with E-state index >= 15 is 0 Å². The molecule has 0 amide bonds. The lowest BCUT2D eigenvalue weighted by molar-refractivity contribution is -0.141. The minimum atomic E-state index is -0.331. The molecule has 1 saturated carbocycles. The zero-order valence-corrected chi connectivity index (χ0v) is 12.0. The van der Waals surface area contributed by atoms with Crippen molar-refractivity contribution >= 4 is 17.6 Å². The van der Waals surface area contributed by atoms with E-state index in [0.29, 0.717) is 6.61 Å². The molecule has 0 N–H and O–H groups in total. The molecular formula is C16H15ClO2. The van der Waals surface area contributed by atoms with E-state index in [0.717, 1.165) is 0 Å². The van der Waals surface area contributed by atoms with Gasteiger partial charge in [0.2, 0.25) is 0 Å². The maximum atomic E-state index is 10.7. The van der Waals surface area contributed by atoms with Crippen LogP contribution in [0.3, 0.4) is 0 Å². The Labute approximate surface area is 119 Å². The van der Waals surface area contributed by atoms with Gasteiger partial charge < -0.3 is 4.74 Å². The van der Waals surface area contributed by atoms with Crippen LogP contribution < -0.4 is 0 Å². The molecule has 0 bridgehead atoms. The molecule has 0 spiro atoms. The summed E-state index contributed by atoms with van der Waals surface area (Å²) in [6, 6.07) is 0. The number of ether oxygens (including phenoxy) is 1. The maximum Gasteiger partial charge on any atom is 0.302 e. The van der Waals surface area contributed by atoms with E-state index in [1.54, 1.807) is 6.08 Å². The number of allylic oxidation sites excluding steroid dienone is 2. The van der Waals surface area contributed by atoms with Crippen LogP contribution in [0.2, 0.25) is 0 Å². The van der Waals surface area contributed by atoms with E-state index in [1.165, 1.54) is 6.92 Å². The van der Waals surface area contributed by atoms with Crippen molar-refractivity contribution in [3.05, 3.63) is 12.2 Å². The highest BCUT2D eigenvalue weighted by Gasteiger charge is 2.60. The molecule has 1 aliphatic rings. The molecule has 1 aliphatic carbocycles. The molecule has 2 nitrogen and oxygen atoms in total. The van der Waals surface area contributed by atoms with Crippen LogP contribution in [0.15, 0.2) is 12.2 Å². The lowest BCUT2D eigenvalue weighted by Crippen LogP contribution is -2.06. The van der Waals surface area contributed by atoms with E-state index in [9.17, 15) is 4.79 Å². The average molecular weight is 275 g/mol. The standard InChI is InChI=1S/C16H15ClO2/c1-4-5-6-7-8-9-10-11-16(3)14(15(16)17)12-19-13(2)18/h4-5,14-15H,12H2,1-3H3/t14-,15-,16-/m0/s1. The summed E-state index contributed by atoms with van der Waals surface area (Å²) in [5.74, 6) is 16.2. The fraction of sp³-hybridized carbons (Fsp3) is 0.438. The smallest absolute Gasteiger partial charge is 0.302 e. The van der Waals surface area contributed by atoms with Gasteiger partial charge in [-0.05, 0) is 43.6 Å². The molecule has 0 radical (unpaired) electrons.